The summed E-state index contributed by atoms with van der Waals surface area (Å²) in [6.07, 6.45) is -1.47. The average Bonchev–Trinajstić information content (AvgIpc) is 3.16. The lowest BCUT2D eigenvalue weighted by Gasteiger charge is -2.33. The minimum atomic E-state index is -4.44. The Labute approximate surface area is 165 Å². The Morgan fingerprint density at radius 2 is 1.76 bits per heavy atom. The summed E-state index contributed by atoms with van der Waals surface area (Å²) in [7, 11) is 3.00. The second-order valence-electron chi connectivity index (χ2n) is 6.70. The summed E-state index contributed by atoms with van der Waals surface area (Å²) in [5.74, 6) is 1.29. The molecule has 0 radical (unpaired) electrons. The molecular formula is C20H19F3N4O2. The van der Waals surface area contributed by atoms with E-state index >= 15 is 0 Å². The van der Waals surface area contributed by atoms with E-state index in [2.05, 4.69) is 15.4 Å². The first kappa shape index (κ1) is 19.1. The molecule has 1 aliphatic heterocycles. The van der Waals surface area contributed by atoms with Gasteiger partial charge in [0.1, 0.15) is 5.82 Å². The van der Waals surface area contributed by atoms with Gasteiger partial charge in [-0.25, -0.2) is 4.68 Å². The third-order valence-corrected chi connectivity index (χ3v) is 4.98. The van der Waals surface area contributed by atoms with Crippen molar-refractivity contribution in [1.82, 2.24) is 14.8 Å². The zero-order chi connectivity index (χ0) is 20.6. The summed E-state index contributed by atoms with van der Waals surface area (Å²) < 4.78 is 53.1. The summed E-state index contributed by atoms with van der Waals surface area (Å²) in [4.78, 5) is 3.94. The van der Waals surface area contributed by atoms with E-state index < -0.39 is 18.3 Å². The van der Waals surface area contributed by atoms with Crippen molar-refractivity contribution in [2.75, 3.05) is 19.5 Å². The third kappa shape index (κ3) is 3.59. The van der Waals surface area contributed by atoms with Crippen LogP contribution in [-0.4, -0.2) is 35.2 Å². The normalized spacial score (nSPS) is 18.7. The number of methoxy groups -OCH3 is 2. The molecule has 4 rings (SSSR count). The molecule has 0 fully saturated rings. The van der Waals surface area contributed by atoms with Gasteiger partial charge in [-0.1, -0.05) is 6.07 Å². The second-order valence-corrected chi connectivity index (χ2v) is 6.70. The first-order chi connectivity index (χ1) is 13.9. The molecule has 1 aliphatic rings. The van der Waals surface area contributed by atoms with Crippen molar-refractivity contribution in [2.24, 2.45) is 0 Å². The summed E-state index contributed by atoms with van der Waals surface area (Å²) in [5.41, 5.74) is 1.83. The Kier molecular flexibility index (Phi) is 4.81. The molecule has 2 atom stereocenters. The van der Waals surface area contributed by atoms with E-state index in [1.807, 2.05) is 0 Å². The van der Waals surface area contributed by atoms with Crippen LogP contribution in [0.3, 0.4) is 0 Å². The van der Waals surface area contributed by atoms with Gasteiger partial charge in [0.15, 0.2) is 17.5 Å². The van der Waals surface area contributed by atoms with Gasteiger partial charge in [-0.2, -0.15) is 18.3 Å². The molecule has 0 bridgehead atoms. The molecule has 0 saturated carbocycles. The highest BCUT2D eigenvalue weighted by Crippen LogP contribution is 2.45. The van der Waals surface area contributed by atoms with Gasteiger partial charge in [-0.3, -0.25) is 4.98 Å². The van der Waals surface area contributed by atoms with E-state index in [1.54, 1.807) is 48.8 Å². The number of nitrogens with one attached hydrogen (secondary N) is 1. The van der Waals surface area contributed by atoms with Crippen molar-refractivity contribution in [3.8, 4) is 22.8 Å². The average molecular weight is 404 g/mol. The molecule has 6 nitrogen and oxygen atoms in total. The zero-order valence-corrected chi connectivity index (χ0v) is 15.8. The highest BCUT2D eigenvalue weighted by Gasteiger charge is 2.46. The lowest BCUT2D eigenvalue weighted by atomic mass is 9.96. The third-order valence-electron chi connectivity index (χ3n) is 4.98. The fourth-order valence-corrected chi connectivity index (χ4v) is 3.53. The van der Waals surface area contributed by atoms with Crippen molar-refractivity contribution in [3.63, 3.8) is 0 Å². The summed E-state index contributed by atoms with van der Waals surface area (Å²) in [6.45, 7) is 0. The Bertz CT molecular complexity index is 1000. The van der Waals surface area contributed by atoms with E-state index in [1.165, 1.54) is 14.2 Å². The molecule has 0 saturated heterocycles. The number of pyridine rings is 1. The Balaban J connectivity index is 1.74. The smallest absolute Gasteiger partial charge is 0.410 e. The van der Waals surface area contributed by atoms with E-state index in [4.69, 9.17) is 9.47 Å². The van der Waals surface area contributed by atoms with E-state index in [0.29, 0.717) is 34.1 Å². The van der Waals surface area contributed by atoms with E-state index in [0.717, 1.165) is 4.68 Å². The number of hydrogen-bond donors (Lipinski definition) is 1. The molecule has 0 unspecified atom stereocenters. The van der Waals surface area contributed by atoms with Crippen LogP contribution in [0, 0.1) is 0 Å². The van der Waals surface area contributed by atoms with Crippen molar-refractivity contribution >= 4 is 5.82 Å². The standard InChI is InChI=1S/C20H19F3N4O2/c1-28-16-4-3-13(9-17(16)29-2)14-10-18(20(21,22)23)27-19(25-14)11-15(26-27)12-5-7-24-8-6-12/h3-9,11,14,18,25H,10H2,1-2H3/t14-,18+/m1/s1. The van der Waals surface area contributed by atoms with Crippen LogP contribution in [0.1, 0.15) is 24.1 Å². The Hall–Kier alpha value is -3.23. The van der Waals surface area contributed by atoms with Gasteiger partial charge >= 0.3 is 6.18 Å². The van der Waals surface area contributed by atoms with Crippen LogP contribution >= 0.6 is 0 Å². The van der Waals surface area contributed by atoms with Crippen LogP contribution in [0.15, 0.2) is 48.8 Å². The number of aromatic nitrogens is 3. The molecule has 0 amide bonds. The minimum absolute atomic E-state index is 0.191. The summed E-state index contributed by atoms with van der Waals surface area (Å²) >= 11 is 0. The maximum Gasteiger partial charge on any atom is 0.410 e. The van der Waals surface area contributed by atoms with Crippen molar-refractivity contribution in [1.29, 1.82) is 0 Å². The topological polar surface area (TPSA) is 61.2 Å². The van der Waals surface area contributed by atoms with Crippen LogP contribution in [0.2, 0.25) is 0 Å². The van der Waals surface area contributed by atoms with Crippen LogP contribution < -0.4 is 14.8 Å². The fourth-order valence-electron chi connectivity index (χ4n) is 3.53. The molecular weight excluding hydrogens is 385 g/mol. The van der Waals surface area contributed by atoms with Crippen molar-refractivity contribution in [3.05, 3.63) is 54.4 Å². The van der Waals surface area contributed by atoms with Crippen LogP contribution in [0.25, 0.3) is 11.3 Å². The number of hydrogen-bond acceptors (Lipinski definition) is 5. The SMILES string of the molecule is COc1ccc([C@H]2C[C@@H](C(F)(F)F)n3nc(-c4ccncc4)cc3N2)cc1OC. The van der Waals surface area contributed by atoms with Crippen LogP contribution in [0.5, 0.6) is 11.5 Å². The second kappa shape index (κ2) is 7.31. The minimum Gasteiger partial charge on any atom is -0.493 e. The number of halogens is 3. The van der Waals surface area contributed by atoms with E-state index in [9.17, 15) is 13.2 Å². The lowest BCUT2D eigenvalue weighted by molar-refractivity contribution is -0.173. The van der Waals surface area contributed by atoms with Gasteiger partial charge < -0.3 is 14.8 Å². The van der Waals surface area contributed by atoms with Gasteiger partial charge in [-0.15, -0.1) is 0 Å². The molecule has 3 aromatic rings. The Morgan fingerprint density at radius 1 is 1.03 bits per heavy atom. The molecule has 0 spiro atoms. The lowest BCUT2D eigenvalue weighted by Crippen LogP contribution is -2.35. The number of nitrogens with zero attached hydrogens (tertiary/aromatic N) is 3. The number of fused-ring (bicyclic) bond motifs is 1. The molecule has 152 valence electrons. The molecule has 29 heavy (non-hydrogen) atoms. The fraction of sp³-hybridized carbons (Fsp3) is 0.300. The van der Waals surface area contributed by atoms with Crippen LogP contribution in [0.4, 0.5) is 19.0 Å². The predicted octanol–water partition coefficient (Wildman–Crippen LogP) is 4.62. The predicted molar refractivity (Wildman–Crippen MR) is 101 cm³/mol. The molecule has 1 aromatic carbocycles. The van der Waals surface area contributed by atoms with Gasteiger partial charge in [0.2, 0.25) is 0 Å². The monoisotopic (exact) mass is 404 g/mol. The van der Waals surface area contributed by atoms with Crippen molar-refractivity contribution in [2.45, 2.75) is 24.7 Å². The van der Waals surface area contributed by atoms with Gasteiger partial charge in [-0.05, 0) is 29.8 Å². The van der Waals surface area contributed by atoms with Crippen molar-refractivity contribution < 1.29 is 22.6 Å². The summed E-state index contributed by atoms with van der Waals surface area (Å²) in [6, 6.07) is 7.87. The number of anilines is 1. The zero-order valence-electron chi connectivity index (χ0n) is 15.8. The van der Waals surface area contributed by atoms with Gasteiger partial charge in [0, 0.05) is 30.4 Å². The molecule has 2 aromatic heterocycles. The first-order valence-electron chi connectivity index (χ1n) is 8.96. The van der Waals surface area contributed by atoms with Gasteiger partial charge in [0.05, 0.1) is 26.0 Å². The maximum atomic E-state index is 13.8. The van der Waals surface area contributed by atoms with Gasteiger partial charge in [0.25, 0.3) is 0 Å². The molecule has 9 heteroatoms. The number of ether oxygens (including phenoxy) is 2. The number of benzene rings is 1. The highest BCUT2D eigenvalue weighted by atomic mass is 19.4. The largest absolute Gasteiger partial charge is 0.493 e. The quantitative estimate of drug-likeness (QED) is 0.688. The maximum absolute atomic E-state index is 13.8. The molecule has 3 heterocycles. The molecule has 0 aliphatic carbocycles. The first-order valence-corrected chi connectivity index (χ1v) is 8.96. The highest BCUT2D eigenvalue weighted by molar-refractivity contribution is 5.63. The summed E-state index contributed by atoms with van der Waals surface area (Å²) in [5, 5.41) is 7.40. The number of alkyl halides is 3. The number of rotatable bonds is 4. The molecule has 1 N–H and O–H groups in total. The van der Waals surface area contributed by atoms with E-state index in [-0.39, 0.29) is 6.42 Å². The van der Waals surface area contributed by atoms with Crippen LogP contribution in [-0.2, 0) is 0 Å². The Morgan fingerprint density at radius 3 is 2.41 bits per heavy atom.